The van der Waals surface area contributed by atoms with Crippen molar-refractivity contribution in [3.63, 3.8) is 0 Å². The van der Waals surface area contributed by atoms with E-state index in [0.717, 1.165) is 51.4 Å². The van der Waals surface area contributed by atoms with E-state index in [1.165, 1.54) is 0 Å². The Morgan fingerprint density at radius 3 is 1.60 bits per heavy atom. The first kappa shape index (κ1) is 28.2. The average Bonchev–Trinajstić information content (AvgIpc) is 2.53. The van der Waals surface area contributed by atoms with Gasteiger partial charge < -0.3 is 22.9 Å². The Morgan fingerprint density at radius 2 is 1.24 bits per heavy atom. The van der Waals surface area contributed by atoms with Gasteiger partial charge in [-0.15, -0.1) is 0 Å². The molecule has 0 aromatic carbocycles. The molecular weight excluding hydrogens is 350 g/mol. The first-order chi connectivity index (χ1) is 11.5. The normalized spacial score (nSPS) is 16.0. The average molecular weight is 390 g/mol. The van der Waals surface area contributed by atoms with Crippen molar-refractivity contribution in [3.8, 4) is 0 Å². The number of rotatable bonds is 17. The Bertz CT molecular complexity index is 317. The Kier molecular flexibility index (Phi) is 20.7. The fourth-order valence-electron chi connectivity index (χ4n) is 2.33. The maximum atomic E-state index is 12.9. The van der Waals surface area contributed by atoms with Gasteiger partial charge in [0, 0.05) is 0 Å². The van der Waals surface area contributed by atoms with Crippen LogP contribution in [0.3, 0.4) is 0 Å². The minimum atomic E-state index is -3.26. The van der Waals surface area contributed by atoms with Gasteiger partial charge in [0.05, 0.1) is 6.16 Å². The third-order valence-electron chi connectivity index (χ3n) is 3.76. The summed E-state index contributed by atoms with van der Waals surface area (Å²) >= 11 is 0. The molecule has 0 radical (unpaired) electrons. The Balaban J connectivity index is 0. The summed E-state index contributed by atoms with van der Waals surface area (Å²) in [6.07, 6.45) is 7.86. The Labute approximate surface area is 176 Å². The second kappa shape index (κ2) is 18.4. The number of unbranched alkanes of at least 4 members (excludes halogenated alkanes) is 5. The molecule has 0 aliphatic heterocycles. The van der Waals surface area contributed by atoms with Gasteiger partial charge in [-0.2, -0.15) is 0 Å². The van der Waals surface area contributed by atoms with E-state index in [2.05, 4.69) is 0 Å². The number of hydrogen-bond acceptors (Lipinski definition) is 7. The molecule has 0 aromatic rings. The minimum absolute atomic E-state index is 0. The summed E-state index contributed by atoms with van der Waals surface area (Å²) in [7, 11) is -3.26. The van der Waals surface area contributed by atoms with Gasteiger partial charge in [-0.1, -0.05) is 26.2 Å². The van der Waals surface area contributed by atoms with E-state index >= 15 is 0 Å². The molecule has 8 N–H and O–H groups in total. The number of hydrogen-bond donors (Lipinski definition) is 4. The first-order valence-electron chi connectivity index (χ1n) is 9.34. The van der Waals surface area contributed by atoms with Crippen molar-refractivity contribution in [2.75, 3.05) is 19.3 Å². The second-order valence-electron chi connectivity index (χ2n) is 6.25. The van der Waals surface area contributed by atoms with Crippen molar-refractivity contribution < 1.29 is 13.6 Å². The predicted octanol–water partition coefficient (Wildman–Crippen LogP) is 1.97. The van der Waals surface area contributed by atoms with E-state index in [4.69, 9.17) is 32.0 Å². The van der Waals surface area contributed by atoms with Gasteiger partial charge in [-0.25, -0.2) is 0 Å². The molecule has 0 aliphatic carbocycles. The van der Waals surface area contributed by atoms with Crippen LogP contribution in [0.25, 0.3) is 0 Å². The summed E-state index contributed by atoms with van der Waals surface area (Å²) in [6.45, 7) is 3.38. The van der Waals surface area contributed by atoms with Crippen LogP contribution in [0.1, 0.15) is 71.1 Å². The summed E-state index contributed by atoms with van der Waals surface area (Å²) in [6, 6.07) is 0. The third kappa shape index (κ3) is 16.9. The number of nitrogens with two attached hydrogens (primary N) is 4. The molecule has 0 rings (SSSR count). The first-order valence-corrected chi connectivity index (χ1v) is 11.1. The van der Waals surface area contributed by atoms with Crippen molar-refractivity contribution >= 4 is 37.2 Å². The Hall–Kier alpha value is 0.990. The molecule has 2 unspecified atom stereocenters. The van der Waals surface area contributed by atoms with Crippen LogP contribution in [0.5, 0.6) is 0 Å². The summed E-state index contributed by atoms with van der Waals surface area (Å²) < 4.78 is 24.1. The van der Waals surface area contributed by atoms with Crippen molar-refractivity contribution in [1.82, 2.24) is 0 Å². The molecule has 2 atom stereocenters. The molecule has 9 heteroatoms. The van der Waals surface area contributed by atoms with Gasteiger partial charge in [0.1, 0.15) is 12.5 Å². The fourth-order valence-corrected chi connectivity index (χ4v) is 4.33. The van der Waals surface area contributed by atoms with E-state index in [0.29, 0.717) is 32.1 Å². The molecule has 0 aliphatic rings. The quantitative estimate of drug-likeness (QED) is 0.129. The van der Waals surface area contributed by atoms with Gasteiger partial charge in [-0.3, -0.25) is 13.6 Å². The molecule has 7 nitrogen and oxygen atoms in total. The second-order valence-corrected chi connectivity index (χ2v) is 8.34. The van der Waals surface area contributed by atoms with Crippen molar-refractivity contribution in [1.29, 1.82) is 0 Å². The summed E-state index contributed by atoms with van der Waals surface area (Å²) in [5.74, 6) is 0. The van der Waals surface area contributed by atoms with Crippen LogP contribution in [0.4, 0.5) is 0 Å². The van der Waals surface area contributed by atoms with E-state index in [1.807, 2.05) is 6.92 Å². The molecule has 25 heavy (non-hydrogen) atoms. The molecule has 0 amide bonds. The van der Waals surface area contributed by atoms with E-state index in [1.54, 1.807) is 0 Å². The standard InChI is InChI=1S/C16H39N4O3P.Na.H/c1-2-3-14-24(21,22-15(19)10-6-4-8-12-17)23-16(20)11-7-5-9-13-18;;/h15-16H,2-14,17-20H2,1H3;;. The molecule has 0 heterocycles. The van der Waals surface area contributed by atoms with Gasteiger partial charge in [0.15, 0.2) is 0 Å². The molecule has 0 saturated carbocycles. The summed E-state index contributed by atoms with van der Waals surface area (Å²) in [4.78, 5) is 0. The van der Waals surface area contributed by atoms with Crippen LogP contribution in [-0.2, 0) is 13.6 Å². The van der Waals surface area contributed by atoms with Crippen molar-refractivity contribution in [2.24, 2.45) is 22.9 Å². The third-order valence-corrected chi connectivity index (χ3v) is 5.81. The molecule has 0 fully saturated rings. The van der Waals surface area contributed by atoms with Gasteiger partial charge >= 0.3 is 37.2 Å². The van der Waals surface area contributed by atoms with Crippen LogP contribution in [0, 0.1) is 0 Å². The maximum absolute atomic E-state index is 12.9. The fraction of sp³-hybridized carbons (Fsp3) is 1.00. The zero-order valence-electron chi connectivity index (χ0n) is 15.3. The molecule has 0 saturated heterocycles. The monoisotopic (exact) mass is 390 g/mol. The van der Waals surface area contributed by atoms with Crippen LogP contribution >= 0.6 is 7.60 Å². The van der Waals surface area contributed by atoms with Gasteiger partial charge in [0.2, 0.25) is 0 Å². The van der Waals surface area contributed by atoms with Gasteiger partial charge in [0.25, 0.3) is 0 Å². The van der Waals surface area contributed by atoms with Crippen LogP contribution in [0.2, 0.25) is 0 Å². The topological polar surface area (TPSA) is 140 Å². The SMILES string of the molecule is CCCCP(=O)(OC(N)CCCCCN)OC(N)CCCCCN.[NaH]. The Morgan fingerprint density at radius 1 is 0.800 bits per heavy atom. The molecule has 0 spiro atoms. The zero-order valence-corrected chi connectivity index (χ0v) is 16.2. The van der Waals surface area contributed by atoms with Crippen LogP contribution in [-0.4, -0.2) is 61.3 Å². The van der Waals surface area contributed by atoms with Crippen molar-refractivity contribution in [2.45, 2.75) is 83.6 Å². The van der Waals surface area contributed by atoms with E-state index in [-0.39, 0.29) is 29.6 Å². The van der Waals surface area contributed by atoms with E-state index in [9.17, 15) is 4.57 Å². The van der Waals surface area contributed by atoms with E-state index < -0.39 is 20.1 Å². The van der Waals surface area contributed by atoms with Crippen molar-refractivity contribution in [3.05, 3.63) is 0 Å². The van der Waals surface area contributed by atoms with Crippen LogP contribution < -0.4 is 22.9 Å². The zero-order chi connectivity index (χ0) is 18.3. The predicted molar refractivity (Wildman–Crippen MR) is 108 cm³/mol. The summed E-state index contributed by atoms with van der Waals surface area (Å²) in [5.41, 5.74) is 22.9. The molecular formula is C16H40N4NaO3P. The summed E-state index contributed by atoms with van der Waals surface area (Å²) in [5, 5.41) is 0. The van der Waals surface area contributed by atoms with Crippen LogP contribution in [0.15, 0.2) is 0 Å². The molecule has 148 valence electrons. The molecule has 0 bridgehead atoms. The molecule has 0 aromatic heterocycles. The van der Waals surface area contributed by atoms with Gasteiger partial charge in [-0.05, 0) is 58.0 Å².